The first-order valence-electron chi connectivity index (χ1n) is 2.82. The molecule has 0 aliphatic rings. The summed E-state index contributed by atoms with van der Waals surface area (Å²) in [6.45, 7) is 3.86. The molecule has 0 aromatic carbocycles. The summed E-state index contributed by atoms with van der Waals surface area (Å²) in [6.07, 6.45) is 3.38. The zero-order valence-electron chi connectivity index (χ0n) is 5.46. The SMILES string of the molecule is CC=CC(C)C([NH3+])O. The number of hydrogen-bond donors (Lipinski definition) is 2. The molecule has 0 aromatic rings. The maximum atomic E-state index is 8.79. The Hall–Kier alpha value is -0.340. The van der Waals surface area contributed by atoms with E-state index < -0.39 is 6.23 Å². The number of aliphatic hydroxyl groups excluding tert-OH is 1. The van der Waals surface area contributed by atoms with E-state index in [1.807, 2.05) is 26.0 Å². The minimum absolute atomic E-state index is 0.181. The van der Waals surface area contributed by atoms with Gasteiger partial charge in [-0.05, 0) is 6.92 Å². The van der Waals surface area contributed by atoms with Gasteiger partial charge in [-0.1, -0.05) is 19.1 Å². The third kappa shape index (κ3) is 2.77. The molecule has 0 rings (SSSR count). The summed E-state index contributed by atoms with van der Waals surface area (Å²) in [5, 5.41) is 8.79. The molecule has 2 nitrogen and oxygen atoms in total. The van der Waals surface area contributed by atoms with Crippen molar-refractivity contribution < 1.29 is 10.8 Å². The van der Waals surface area contributed by atoms with Crippen molar-refractivity contribution in [2.24, 2.45) is 5.92 Å². The van der Waals surface area contributed by atoms with Crippen molar-refractivity contribution >= 4 is 0 Å². The highest BCUT2D eigenvalue weighted by atomic mass is 16.3. The molecule has 0 saturated heterocycles. The van der Waals surface area contributed by atoms with Crippen LogP contribution in [-0.4, -0.2) is 11.3 Å². The van der Waals surface area contributed by atoms with Crippen LogP contribution in [0.4, 0.5) is 0 Å². The summed E-state index contributed by atoms with van der Waals surface area (Å²) in [4.78, 5) is 0. The molecular weight excluding hydrogens is 102 g/mol. The summed E-state index contributed by atoms with van der Waals surface area (Å²) < 4.78 is 0. The van der Waals surface area contributed by atoms with Gasteiger partial charge in [-0.3, -0.25) is 0 Å². The van der Waals surface area contributed by atoms with Gasteiger partial charge in [0.15, 0.2) is 6.23 Å². The quantitative estimate of drug-likeness (QED) is 0.379. The first-order chi connectivity index (χ1) is 3.68. The Morgan fingerprint density at radius 3 is 2.25 bits per heavy atom. The van der Waals surface area contributed by atoms with Crippen molar-refractivity contribution in [1.29, 1.82) is 0 Å². The fourth-order valence-corrected chi connectivity index (χ4v) is 0.432. The van der Waals surface area contributed by atoms with E-state index in [1.165, 1.54) is 0 Å². The van der Waals surface area contributed by atoms with Gasteiger partial charge in [0.25, 0.3) is 0 Å². The van der Waals surface area contributed by atoms with E-state index in [9.17, 15) is 0 Å². The van der Waals surface area contributed by atoms with E-state index in [0.717, 1.165) is 0 Å². The predicted molar refractivity (Wildman–Crippen MR) is 32.9 cm³/mol. The Labute approximate surface area is 50.0 Å². The molecule has 4 N–H and O–H groups in total. The Kier molecular flexibility index (Phi) is 3.48. The monoisotopic (exact) mass is 116 g/mol. The minimum atomic E-state index is -0.466. The maximum Gasteiger partial charge on any atom is 0.191 e. The topological polar surface area (TPSA) is 47.9 Å². The molecule has 0 bridgehead atoms. The Morgan fingerprint density at radius 1 is 1.62 bits per heavy atom. The highest BCUT2D eigenvalue weighted by Crippen LogP contribution is 1.96. The van der Waals surface area contributed by atoms with Crippen molar-refractivity contribution in [3.05, 3.63) is 12.2 Å². The number of hydrogen-bond acceptors (Lipinski definition) is 1. The molecule has 48 valence electrons. The van der Waals surface area contributed by atoms with Crippen LogP contribution in [0.3, 0.4) is 0 Å². The van der Waals surface area contributed by atoms with Crippen LogP contribution in [0.5, 0.6) is 0 Å². The van der Waals surface area contributed by atoms with Gasteiger partial charge < -0.3 is 10.8 Å². The minimum Gasteiger partial charge on any atom is -0.344 e. The van der Waals surface area contributed by atoms with Gasteiger partial charge in [-0.2, -0.15) is 0 Å². The average molecular weight is 116 g/mol. The molecule has 0 saturated carbocycles. The van der Waals surface area contributed by atoms with Crippen molar-refractivity contribution in [3.8, 4) is 0 Å². The van der Waals surface area contributed by atoms with Gasteiger partial charge in [-0.15, -0.1) is 0 Å². The third-order valence-corrected chi connectivity index (χ3v) is 1.10. The second-order valence-electron chi connectivity index (χ2n) is 1.95. The van der Waals surface area contributed by atoms with Crippen LogP contribution in [0, 0.1) is 5.92 Å². The fraction of sp³-hybridized carbons (Fsp3) is 0.667. The zero-order valence-corrected chi connectivity index (χ0v) is 5.46. The van der Waals surface area contributed by atoms with Gasteiger partial charge in [0.1, 0.15) is 0 Å². The summed E-state index contributed by atoms with van der Waals surface area (Å²) in [5.74, 6) is 0.181. The van der Waals surface area contributed by atoms with Crippen LogP contribution >= 0.6 is 0 Å². The standard InChI is InChI=1S/C6H13NO/c1-3-4-5(2)6(7)8/h3-6,8H,7H2,1-2H3/p+1. The number of quaternary nitrogens is 1. The molecule has 2 heteroatoms. The van der Waals surface area contributed by atoms with E-state index >= 15 is 0 Å². The predicted octanol–water partition coefficient (Wildman–Crippen LogP) is -0.241. The van der Waals surface area contributed by atoms with Crippen LogP contribution in [0.15, 0.2) is 12.2 Å². The Balaban J connectivity index is 3.47. The van der Waals surface area contributed by atoms with Gasteiger partial charge in [0.2, 0.25) is 0 Å². The van der Waals surface area contributed by atoms with E-state index in [2.05, 4.69) is 5.73 Å². The van der Waals surface area contributed by atoms with E-state index in [0.29, 0.717) is 0 Å². The first-order valence-corrected chi connectivity index (χ1v) is 2.82. The van der Waals surface area contributed by atoms with Crippen LogP contribution in [-0.2, 0) is 0 Å². The molecule has 2 atom stereocenters. The Morgan fingerprint density at radius 2 is 2.12 bits per heavy atom. The molecule has 0 aliphatic heterocycles. The zero-order chi connectivity index (χ0) is 6.57. The molecule has 2 unspecified atom stereocenters. The highest BCUT2D eigenvalue weighted by Gasteiger charge is 2.05. The highest BCUT2D eigenvalue weighted by molar-refractivity contribution is 4.83. The van der Waals surface area contributed by atoms with Crippen LogP contribution in [0.1, 0.15) is 13.8 Å². The largest absolute Gasteiger partial charge is 0.344 e. The molecule has 0 aromatic heterocycles. The third-order valence-electron chi connectivity index (χ3n) is 1.10. The lowest BCUT2D eigenvalue weighted by molar-refractivity contribution is -0.491. The summed E-state index contributed by atoms with van der Waals surface area (Å²) in [6, 6.07) is 0. The van der Waals surface area contributed by atoms with E-state index in [1.54, 1.807) is 0 Å². The smallest absolute Gasteiger partial charge is 0.191 e. The lowest BCUT2D eigenvalue weighted by Gasteiger charge is -2.03. The second-order valence-corrected chi connectivity index (χ2v) is 1.95. The van der Waals surface area contributed by atoms with Crippen molar-refractivity contribution in [2.75, 3.05) is 0 Å². The average Bonchev–Trinajstić information content (AvgIpc) is 1.67. The molecule has 0 amide bonds. The second kappa shape index (κ2) is 3.64. The maximum absolute atomic E-state index is 8.79. The molecule has 0 radical (unpaired) electrons. The van der Waals surface area contributed by atoms with Crippen LogP contribution < -0.4 is 5.73 Å². The molecule has 0 fully saturated rings. The molecule has 0 aliphatic carbocycles. The van der Waals surface area contributed by atoms with Crippen LogP contribution in [0.2, 0.25) is 0 Å². The van der Waals surface area contributed by atoms with Gasteiger partial charge in [0.05, 0.1) is 5.92 Å². The van der Waals surface area contributed by atoms with Crippen molar-refractivity contribution in [3.63, 3.8) is 0 Å². The number of allylic oxidation sites excluding steroid dienone is 1. The molecule has 0 spiro atoms. The van der Waals surface area contributed by atoms with E-state index in [4.69, 9.17) is 5.11 Å². The van der Waals surface area contributed by atoms with E-state index in [-0.39, 0.29) is 5.92 Å². The summed E-state index contributed by atoms with van der Waals surface area (Å²) in [5.41, 5.74) is 3.46. The molecular formula is C6H14NO+. The van der Waals surface area contributed by atoms with Crippen molar-refractivity contribution in [2.45, 2.75) is 20.1 Å². The van der Waals surface area contributed by atoms with Gasteiger partial charge in [-0.25, -0.2) is 0 Å². The van der Waals surface area contributed by atoms with Crippen molar-refractivity contribution in [1.82, 2.24) is 0 Å². The number of aliphatic hydroxyl groups is 1. The van der Waals surface area contributed by atoms with Gasteiger partial charge in [0, 0.05) is 0 Å². The first kappa shape index (κ1) is 7.66. The lowest BCUT2D eigenvalue weighted by atomic mass is 10.1. The molecule has 0 heterocycles. The normalized spacial score (nSPS) is 19.0. The van der Waals surface area contributed by atoms with Gasteiger partial charge >= 0.3 is 0 Å². The Bertz CT molecular complexity index is 78.6. The van der Waals surface area contributed by atoms with Crippen LogP contribution in [0.25, 0.3) is 0 Å². The number of rotatable bonds is 2. The fourth-order valence-electron chi connectivity index (χ4n) is 0.432. The molecule has 8 heavy (non-hydrogen) atoms. The summed E-state index contributed by atoms with van der Waals surface area (Å²) in [7, 11) is 0. The lowest BCUT2D eigenvalue weighted by Crippen LogP contribution is -2.63. The summed E-state index contributed by atoms with van der Waals surface area (Å²) >= 11 is 0.